The first-order valence-corrected chi connectivity index (χ1v) is 4.82. The van der Waals surface area contributed by atoms with Gasteiger partial charge in [-0.25, -0.2) is 0 Å². The third-order valence-electron chi connectivity index (χ3n) is 2.20. The van der Waals surface area contributed by atoms with Crippen LogP contribution in [0.4, 0.5) is 0 Å². The van der Waals surface area contributed by atoms with Gasteiger partial charge in [0.25, 0.3) is 0 Å². The minimum absolute atomic E-state index is 0.232. The Labute approximate surface area is 90.3 Å². The fourth-order valence-corrected chi connectivity index (χ4v) is 1.41. The molecule has 0 unspecified atom stereocenters. The van der Waals surface area contributed by atoms with Crippen molar-refractivity contribution in [2.24, 2.45) is 5.92 Å². The van der Waals surface area contributed by atoms with Crippen LogP contribution in [0.3, 0.4) is 0 Å². The maximum absolute atomic E-state index is 5.39. The number of terminal acetylenes is 1. The van der Waals surface area contributed by atoms with E-state index in [4.69, 9.17) is 6.42 Å². The molecule has 0 fully saturated rings. The zero-order chi connectivity index (χ0) is 10.5. The molecule has 0 N–H and O–H groups in total. The Morgan fingerprint density at radius 3 is 2.33 bits per heavy atom. The maximum Gasteiger partial charge on any atom is 0.0573 e. The van der Waals surface area contributed by atoms with Crippen molar-refractivity contribution in [1.82, 2.24) is 0 Å². The Balaban J connectivity index is 2.27. The predicted octanol–water partition coefficient (Wildman–Crippen LogP) is 2.76. The fraction of sp³-hybridized carbons (Fsp3) is 0.0667. The van der Waals surface area contributed by atoms with Crippen LogP contribution in [0.5, 0.6) is 0 Å². The van der Waals surface area contributed by atoms with Crippen LogP contribution in [0.15, 0.2) is 48.6 Å². The minimum Gasteiger partial charge on any atom is -0.115 e. The first kappa shape index (κ1) is 9.38. The van der Waals surface area contributed by atoms with E-state index in [1.165, 1.54) is 0 Å². The topological polar surface area (TPSA) is 0 Å². The van der Waals surface area contributed by atoms with E-state index in [1.54, 1.807) is 0 Å². The summed E-state index contributed by atoms with van der Waals surface area (Å²) in [6, 6.07) is 7.73. The van der Waals surface area contributed by atoms with Gasteiger partial charge in [0.1, 0.15) is 0 Å². The molecule has 0 aliphatic heterocycles. The quantitative estimate of drug-likeness (QED) is 0.552. The van der Waals surface area contributed by atoms with Crippen LogP contribution < -0.4 is 0 Å². The Morgan fingerprint density at radius 1 is 1.00 bits per heavy atom. The molecule has 2 rings (SSSR count). The average Bonchev–Trinajstić information content (AvgIpc) is 2.79. The van der Waals surface area contributed by atoms with E-state index >= 15 is 0 Å². The van der Waals surface area contributed by atoms with Crippen molar-refractivity contribution < 1.29 is 0 Å². The van der Waals surface area contributed by atoms with Gasteiger partial charge in [0.2, 0.25) is 0 Å². The predicted molar refractivity (Wildman–Crippen MR) is 63.0 cm³/mol. The summed E-state index contributed by atoms with van der Waals surface area (Å²) in [6.45, 7) is 0. The highest BCUT2D eigenvalue weighted by Gasteiger charge is 1.98. The largest absolute Gasteiger partial charge is 0.115 e. The van der Waals surface area contributed by atoms with Gasteiger partial charge in [-0.15, -0.1) is 6.42 Å². The zero-order valence-corrected chi connectivity index (χ0v) is 8.27. The molecular formula is C15H10. The molecule has 0 heteroatoms. The Morgan fingerprint density at radius 2 is 1.67 bits per heavy atom. The van der Waals surface area contributed by atoms with Gasteiger partial charge in [-0.1, -0.05) is 54.2 Å². The van der Waals surface area contributed by atoms with Gasteiger partial charge < -0.3 is 0 Å². The average molecular weight is 190 g/mol. The second-order valence-electron chi connectivity index (χ2n) is 3.25. The molecule has 0 spiro atoms. The van der Waals surface area contributed by atoms with E-state index in [2.05, 4.69) is 29.9 Å². The van der Waals surface area contributed by atoms with Gasteiger partial charge in [0.05, 0.1) is 5.92 Å². The lowest BCUT2D eigenvalue weighted by Crippen LogP contribution is -1.85. The molecule has 70 valence electrons. The molecule has 0 aromatic heterocycles. The number of hydrogen-bond acceptors (Lipinski definition) is 0. The highest BCUT2D eigenvalue weighted by Crippen LogP contribution is 2.09. The lowest BCUT2D eigenvalue weighted by Gasteiger charge is -1.95. The van der Waals surface area contributed by atoms with Crippen molar-refractivity contribution in [3.63, 3.8) is 0 Å². The van der Waals surface area contributed by atoms with Gasteiger partial charge >= 0.3 is 0 Å². The lowest BCUT2D eigenvalue weighted by atomic mass is 10.1. The van der Waals surface area contributed by atoms with Crippen LogP contribution in [0.2, 0.25) is 0 Å². The molecule has 0 amide bonds. The first-order chi connectivity index (χ1) is 7.40. The van der Waals surface area contributed by atoms with Crippen molar-refractivity contribution in [1.29, 1.82) is 0 Å². The Kier molecular flexibility index (Phi) is 2.72. The van der Waals surface area contributed by atoms with E-state index < -0.39 is 0 Å². The molecule has 0 saturated carbocycles. The van der Waals surface area contributed by atoms with E-state index in [0.29, 0.717) is 0 Å². The number of rotatable bonds is 0. The molecule has 1 aliphatic rings. The second kappa shape index (κ2) is 4.36. The van der Waals surface area contributed by atoms with Crippen LogP contribution in [-0.4, -0.2) is 0 Å². The summed E-state index contributed by atoms with van der Waals surface area (Å²) in [5, 5.41) is 0. The SMILES string of the molecule is C#Cc1ccccc1C#CC1C=CC=C1. The summed E-state index contributed by atoms with van der Waals surface area (Å²) in [5.41, 5.74) is 1.78. The summed E-state index contributed by atoms with van der Waals surface area (Å²) in [5.74, 6) is 9.13. The first-order valence-electron chi connectivity index (χ1n) is 4.82. The van der Waals surface area contributed by atoms with Gasteiger partial charge in [0.15, 0.2) is 0 Å². The maximum atomic E-state index is 5.39. The monoisotopic (exact) mass is 190 g/mol. The molecule has 15 heavy (non-hydrogen) atoms. The molecule has 0 atom stereocenters. The van der Waals surface area contributed by atoms with Gasteiger partial charge in [-0.05, 0) is 12.1 Å². The Hall–Kier alpha value is -2.18. The van der Waals surface area contributed by atoms with Crippen molar-refractivity contribution in [2.45, 2.75) is 0 Å². The number of benzene rings is 1. The van der Waals surface area contributed by atoms with Gasteiger partial charge in [-0.3, -0.25) is 0 Å². The van der Waals surface area contributed by atoms with Crippen molar-refractivity contribution in [3.05, 3.63) is 59.7 Å². The highest BCUT2D eigenvalue weighted by atomic mass is 14.0. The van der Waals surface area contributed by atoms with Gasteiger partial charge in [-0.2, -0.15) is 0 Å². The molecule has 0 nitrogen and oxygen atoms in total. The number of hydrogen-bond donors (Lipinski definition) is 0. The van der Waals surface area contributed by atoms with Crippen LogP contribution in [0.25, 0.3) is 0 Å². The molecule has 0 heterocycles. The van der Waals surface area contributed by atoms with E-state index in [0.717, 1.165) is 11.1 Å². The standard InChI is InChI=1S/C15H10/c1-2-14-9-5-6-10-15(14)12-11-13-7-3-4-8-13/h1,3-10,13H. The lowest BCUT2D eigenvalue weighted by molar-refractivity contribution is 1.15. The molecular weight excluding hydrogens is 180 g/mol. The van der Waals surface area contributed by atoms with Crippen LogP contribution >= 0.6 is 0 Å². The zero-order valence-electron chi connectivity index (χ0n) is 8.27. The molecule has 1 aromatic carbocycles. The molecule has 0 saturated heterocycles. The third kappa shape index (κ3) is 2.19. The summed E-state index contributed by atoms with van der Waals surface area (Å²) in [7, 11) is 0. The van der Waals surface area contributed by atoms with Gasteiger partial charge in [0, 0.05) is 11.1 Å². The molecule has 1 aliphatic carbocycles. The van der Waals surface area contributed by atoms with Crippen molar-refractivity contribution in [3.8, 4) is 24.2 Å². The molecule has 1 aromatic rings. The van der Waals surface area contributed by atoms with Crippen LogP contribution in [0.1, 0.15) is 11.1 Å². The van der Waals surface area contributed by atoms with E-state index in [9.17, 15) is 0 Å². The second-order valence-corrected chi connectivity index (χ2v) is 3.25. The van der Waals surface area contributed by atoms with Crippen LogP contribution in [0, 0.1) is 30.1 Å². The highest BCUT2D eigenvalue weighted by molar-refractivity contribution is 5.50. The van der Waals surface area contributed by atoms with Crippen LogP contribution in [-0.2, 0) is 0 Å². The van der Waals surface area contributed by atoms with Crippen molar-refractivity contribution in [2.75, 3.05) is 0 Å². The molecule has 0 bridgehead atoms. The summed E-state index contributed by atoms with van der Waals surface area (Å²) >= 11 is 0. The smallest absolute Gasteiger partial charge is 0.0573 e. The summed E-state index contributed by atoms with van der Waals surface area (Å²) < 4.78 is 0. The number of allylic oxidation sites excluding steroid dienone is 4. The minimum atomic E-state index is 0.232. The Bertz CT molecular complexity index is 501. The normalized spacial score (nSPS) is 13.3. The fourth-order valence-electron chi connectivity index (χ4n) is 1.41. The third-order valence-corrected chi connectivity index (χ3v) is 2.20. The summed E-state index contributed by atoms with van der Waals surface area (Å²) in [4.78, 5) is 0. The van der Waals surface area contributed by atoms with Crippen molar-refractivity contribution >= 4 is 0 Å². The summed E-state index contributed by atoms with van der Waals surface area (Å²) in [6.07, 6.45) is 13.5. The van der Waals surface area contributed by atoms with E-state index in [-0.39, 0.29) is 5.92 Å². The molecule has 0 radical (unpaired) electrons. The van der Waals surface area contributed by atoms with E-state index in [1.807, 2.05) is 36.4 Å².